The van der Waals surface area contributed by atoms with Crippen LogP contribution in [0.4, 0.5) is 0 Å². The number of halogens is 2. The third-order valence-electron chi connectivity index (χ3n) is 5.50. The summed E-state index contributed by atoms with van der Waals surface area (Å²) < 4.78 is 6.79. The van der Waals surface area contributed by atoms with Crippen LogP contribution in [0.15, 0.2) is 24.3 Å². The maximum Gasteiger partial charge on any atom is 0.338 e. The summed E-state index contributed by atoms with van der Waals surface area (Å²) in [7, 11) is 2.38. The standard InChI is InChI=1S/C18H25ClNO2.HI/c1-20-10-3-2-9-17(20)15(7-5-11-20)13-22-18(21)14-6-4-8-16(19)12-14;/h4,6,8,12,15,17H,2-3,5,7,9-11,13H2,1H3;1H/q+1;/p-1/t15-,17+,20?;/m0./s1. The van der Waals surface area contributed by atoms with E-state index in [0.717, 1.165) is 0 Å². The normalized spacial score (nSPS) is 30.0. The Labute approximate surface area is 160 Å². The van der Waals surface area contributed by atoms with Gasteiger partial charge in [-0.05, 0) is 43.9 Å². The fourth-order valence-corrected chi connectivity index (χ4v) is 4.50. The first kappa shape index (κ1) is 19.0. The van der Waals surface area contributed by atoms with E-state index in [1.807, 2.05) is 0 Å². The first-order valence-corrected chi connectivity index (χ1v) is 8.73. The summed E-state index contributed by atoms with van der Waals surface area (Å²) in [6, 6.07) is 7.65. The van der Waals surface area contributed by atoms with Gasteiger partial charge in [-0.3, -0.25) is 0 Å². The van der Waals surface area contributed by atoms with Crippen molar-refractivity contribution in [3.05, 3.63) is 34.9 Å². The van der Waals surface area contributed by atoms with Crippen molar-refractivity contribution in [2.45, 2.75) is 38.1 Å². The van der Waals surface area contributed by atoms with E-state index < -0.39 is 0 Å². The predicted octanol–water partition coefficient (Wildman–Crippen LogP) is 0.910. The second-order valence-electron chi connectivity index (χ2n) is 7.00. The first-order chi connectivity index (χ1) is 10.6. The van der Waals surface area contributed by atoms with Crippen molar-refractivity contribution in [1.82, 2.24) is 0 Å². The van der Waals surface area contributed by atoms with Gasteiger partial charge in [-0.25, -0.2) is 4.79 Å². The number of piperidine rings is 2. The minimum atomic E-state index is -0.252. The lowest BCUT2D eigenvalue weighted by Crippen LogP contribution is -3.00. The number of hydrogen-bond acceptors (Lipinski definition) is 2. The molecule has 3 nitrogen and oxygen atoms in total. The highest BCUT2D eigenvalue weighted by Crippen LogP contribution is 2.36. The number of carbonyl (C=O) groups is 1. The summed E-state index contributed by atoms with van der Waals surface area (Å²) in [6.07, 6.45) is 6.35. The van der Waals surface area contributed by atoms with E-state index in [0.29, 0.717) is 29.2 Å². The molecule has 0 aromatic heterocycles. The molecule has 23 heavy (non-hydrogen) atoms. The highest BCUT2D eigenvalue weighted by atomic mass is 127. The third kappa shape index (κ3) is 4.40. The molecule has 1 unspecified atom stereocenters. The average molecular weight is 450 g/mol. The molecule has 0 N–H and O–H groups in total. The van der Waals surface area contributed by atoms with Crippen LogP contribution in [0, 0.1) is 5.92 Å². The summed E-state index contributed by atoms with van der Waals surface area (Å²) in [6.45, 7) is 3.11. The highest BCUT2D eigenvalue weighted by Gasteiger charge is 2.43. The topological polar surface area (TPSA) is 26.3 Å². The van der Waals surface area contributed by atoms with Crippen LogP contribution in [-0.4, -0.2) is 43.2 Å². The second-order valence-corrected chi connectivity index (χ2v) is 7.44. The van der Waals surface area contributed by atoms with Gasteiger partial charge < -0.3 is 33.2 Å². The van der Waals surface area contributed by atoms with Crippen LogP contribution in [-0.2, 0) is 4.74 Å². The fourth-order valence-electron chi connectivity index (χ4n) is 4.31. The molecule has 0 aliphatic carbocycles. The van der Waals surface area contributed by atoms with Crippen molar-refractivity contribution in [2.24, 2.45) is 5.92 Å². The number of fused-ring (bicyclic) bond motifs is 1. The molecular weight excluding hydrogens is 425 g/mol. The molecule has 2 fully saturated rings. The summed E-state index contributed by atoms with van der Waals surface area (Å²) >= 11 is 5.94. The van der Waals surface area contributed by atoms with Crippen LogP contribution in [0.1, 0.15) is 42.5 Å². The molecule has 128 valence electrons. The number of nitrogens with zero attached hydrogens (tertiary/aromatic N) is 1. The molecule has 0 bridgehead atoms. The van der Waals surface area contributed by atoms with Gasteiger partial charge in [0, 0.05) is 17.4 Å². The highest BCUT2D eigenvalue weighted by molar-refractivity contribution is 6.30. The maximum absolute atomic E-state index is 12.2. The lowest BCUT2D eigenvalue weighted by Gasteiger charge is -2.51. The molecule has 2 aliphatic rings. The average Bonchev–Trinajstić information content (AvgIpc) is 2.51. The van der Waals surface area contributed by atoms with Crippen molar-refractivity contribution in [3.63, 3.8) is 0 Å². The lowest BCUT2D eigenvalue weighted by atomic mass is 9.82. The summed E-state index contributed by atoms with van der Waals surface area (Å²) in [5.41, 5.74) is 0.546. The lowest BCUT2D eigenvalue weighted by molar-refractivity contribution is -0.947. The first-order valence-electron chi connectivity index (χ1n) is 8.35. The van der Waals surface area contributed by atoms with E-state index >= 15 is 0 Å². The predicted molar refractivity (Wildman–Crippen MR) is 88.0 cm³/mol. The second kappa shape index (κ2) is 8.17. The van der Waals surface area contributed by atoms with Gasteiger partial charge in [0.15, 0.2) is 0 Å². The van der Waals surface area contributed by atoms with Gasteiger partial charge in [-0.15, -0.1) is 0 Å². The molecule has 0 saturated carbocycles. The minimum Gasteiger partial charge on any atom is -1.00 e. The van der Waals surface area contributed by atoms with Gasteiger partial charge in [0.2, 0.25) is 0 Å². The molecule has 0 radical (unpaired) electrons. The van der Waals surface area contributed by atoms with Gasteiger partial charge in [0.25, 0.3) is 0 Å². The van der Waals surface area contributed by atoms with Crippen LogP contribution in [0.25, 0.3) is 0 Å². The molecule has 2 heterocycles. The van der Waals surface area contributed by atoms with Crippen molar-refractivity contribution in [3.8, 4) is 0 Å². The molecular formula is C18H25ClINO2. The van der Waals surface area contributed by atoms with Crippen LogP contribution in [0.3, 0.4) is 0 Å². The minimum absolute atomic E-state index is 0. The number of hydrogen-bond donors (Lipinski definition) is 0. The number of quaternary nitrogens is 1. The Balaban J connectivity index is 0.00000192. The Morgan fingerprint density at radius 3 is 2.83 bits per heavy atom. The maximum atomic E-state index is 12.2. The van der Waals surface area contributed by atoms with E-state index in [1.54, 1.807) is 24.3 Å². The largest absolute Gasteiger partial charge is 1.00 e. The number of esters is 1. The zero-order valence-electron chi connectivity index (χ0n) is 13.6. The molecule has 5 heteroatoms. The fraction of sp³-hybridized carbons (Fsp3) is 0.611. The van der Waals surface area contributed by atoms with E-state index in [1.165, 1.54) is 49.7 Å². The zero-order chi connectivity index (χ0) is 15.6. The van der Waals surface area contributed by atoms with Gasteiger partial charge in [-0.2, -0.15) is 0 Å². The van der Waals surface area contributed by atoms with E-state index in [4.69, 9.17) is 16.3 Å². The van der Waals surface area contributed by atoms with E-state index in [-0.39, 0.29) is 29.9 Å². The molecule has 1 aromatic carbocycles. The Bertz CT molecular complexity index is 550. The van der Waals surface area contributed by atoms with Crippen LogP contribution < -0.4 is 24.0 Å². The number of ether oxygens (including phenoxy) is 1. The smallest absolute Gasteiger partial charge is 0.338 e. The van der Waals surface area contributed by atoms with Crippen LogP contribution >= 0.6 is 11.6 Å². The summed E-state index contributed by atoms with van der Waals surface area (Å²) in [5, 5.41) is 0.573. The quantitative estimate of drug-likeness (QED) is 0.390. The molecule has 2 aliphatic heterocycles. The Hall–Kier alpha value is -0.330. The Morgan fingerprint density at radius 2 is 2.04 bits per heavy atom. The summed E-state index contributed by atoms with van der Waals surface area (Å²) in [4.78, 5) is 12.2. The van der Waals surface area contributed by atoms with Crippen molar-refractivity contribution >= 4 is 17.6 Å². The van der Waals surface area contributed by atoms with E-state index in [2.05, 4.69) is 7.05 Å². The van der Waals surface area contributed by atoms with Gasteiger partial charge >= 0.3 is 5.97 Å². The van der Waals surface area contributed by atoms with Crippen molar-refractivity contribution < 1.29 is 38.0 Å². The molecule has 0 amide bonds. The summed E-state index contributed by atoms with van der Waals surface area (Å²) in [5.74, 6) is 0.250. The monoisotopic (exact) mass is 449 g/mol. The van der Waals surface area contributed by atoms with E-state index in [9.17, 15) is 4.79 Å². The molecule has 2 saturated heterocycles. The molecule has 3 rings (SSSR count). The molecule has 3 atom stereocenters. The molecule has 1 aromatic rings. The van der Waals surface area contributed by atoms with Crippen LogP contribution in [0.5, 0.6) is 0 Å². The van der Waals surface area contributed by atoms with Crippen molar-refractivity contribution in [2.75, 3.05) is 26.7 Å². The zero-order valence-corrected chi connectivity index (χ0v) is 16.6. The van der Waals surface area contributed by atoms with Gasteiger partial charge in [-0.1, -0.05) is 17.7 Å². The Morgan fingerprint density at radius 1 is 1.26 bits per heavy atom. The molecule has 0 spiro atoms. The third-order valence-corrected chi connectivity index (χ3v) is 5.73. The van der Waals surface area contributed by atoms with Gasteiger partial charge in [0.05, 0.1) is 31.7 Å². The van der Waals surface area contributed by atoms with Crippen LogP contribution in [0.2, 0.25) is 5.02 Å². The number of rotatable bonds is 3. The number of benzene rings is 1. The Kier molecular flexibility index (Phi) is 6.75. The van der Waals surface area contributed by atoms with Gasteiger partial charge in [0.1, 0.15) is 6.61 Å². The van der Waals surface area contributed by atoms with Crippen molar-refractivity contribution in [1.29, 1.82) is 0 Å². The number of carbonyl (C=O) groups excluding carboxylic acids is 1. The SMILES string of the molecule is C[N+]12CCCC[C@@H]1[C@H](COC(=O)c1cccc(Cl)c1)CCC2.[I-].